The molecule has 0 N–H and O–H groups in total. The molecule has 0 radical (unpaired) electrons. The fourth-order valence-electron chi connectivity index (χ4n) is 4.51. The molecule has 0 spiro atoms. The van der Waals surface area contributed by atoms with Crippen LogP contribution in [0.5, 0.6) is 0 Å². The number of hydrogen-bond donors (Lipinski definition) is 0. The van der Waals surface area contributed by atoms with Crippen molar-refractivity contribution in [3.05, 3.63) is 81.0 Å². The van der Waals surface area contributed by atoms with Crippen molar-refractivity contribution in [2.24, 2.45) is 11.8 Å². The molecule has 6 rings (SSSR count). The largest absolute Gasteiger partial charge is 0.316 e. The topological polar surface area (TPSA) is 69.8 Å². The fourth-order valence-corrected chi connectivity index (χ4v) is 4.51. The minimum atomic E-state index is -0.549. The third-order valence-corrected chi connectivity index (χ3v) is 6.04. The van der Waals surface area contributed by atoms with Crippen LogP contribution in [0.3, 0.4) is 0 Å². The van der Waals surface area contributed by atoms with Crippen molar-refractivity contribution in [3.63, 3.8) is 0 Å². The van der Waals surface area contributed by atoms with Gasteiger partial charge in [0.05, 0.1) is 17.9 Å². The standard InChI is InChI=1S/C21H19FN4O2/c22-17-4-2-1-3-16(17)18-6-5-15(23-24-18)12-25-7-8-26(21(28)20(25)27)19-11-13-9-14(19)10-13/h1-8,13-14,19H,9-12H2. The molecular formula is C21H19FN4O2. The second-order valence-corrected chi connectivity index (χ2v) is 7.73. The van der Waals surface area contributed by atoms with E-state index in [4.69, 9.17) is 0 Å². The lowest BCUT2D eigenvalue weighted by Gasteiger charge is -2.25. The molecule has 1 unspecified atom stereocenters. The van der Waals surface area contributed by atoms with Crippen LogP contribution in [0.4, 0.5) is 4.39 Å². The lowest BCUT2D eigenvalue weighted by Crippen LogP contribution is -2.42. The van der Waals surface area contributed by atoms with Gasteiger partial charge in [-0.15, -0.1) is 0 Å². The minimum Gasteiger partial charge on any atom is -0.306 e. The third-order valence-electron chi connectivity index (χ3n) is 6.04. The summed E-state index contributed by atoms with van der Waals surface area (Å²) in [6.07, 6.45) is 6.70. The molecule has 3 saturated carbocycles. The van der Waals surface area contributed by atoms with Crippen LogP contribution < -0.4 is 11.1 Å². The number of nitrogens with zero attached hydrogens (tertiary/aromatic N) is 4. The molecule has 7 heteroatoms. The fraction of sp³-hybridized carbons (Fsp3) is 0.333. The highest BCUT2D eigenvalue weighted by atomic mass is 19.1. The van der Waals surface area contributed by atoms with Crippen LogP contribution in [0.2, 0.25) is 0 Å². The van der Waals surface area contributed by atoms with E-state index in [1.54, 1.807) is 47.3 Å². The van der Waals surface area contributed by atoms with Crippen molar-refractivity contribution >= 4 is 0 Å². The first-order valence-electron chi connectivity index (χ1n) is 9.49. The Bertz CT molecular complexity index is 1150. The van der Waals surface area contributed by atoms with Gasteiger partial charge in [0.25, 0.3) is 0 Å². The van der Waals surface area contributed by atoms with Crippen molar-refractivity contribution in [3.8, 4) is 11.3 Å². The summed E-state index contributed by atoms with van der Waals surface area (Å²) in [6, 6.07) is 9.88. The number of hydrogen-bond acceptors (Lipinski definition) is 4. The van der Waals surface area contributed by atoms with E-state index in [0.717, 1.165) is 6.42 Å². The molecule has 1 aromatic carbocycles. The van der Waals surface area contributed by atoms with Gasteiger partial charge in [-0.3, -0.25) is 9.59 Å². The average Bonchev–Trinajstić information content (AvgIpc) is 3.28. The maximum absolute atomic E-state index is 13.9. The highest BCUT2D eigenvalue weighted by Gasteiger charge is 2.45. The summed E-state index contributed by atoms with van der Waals surface area (Å²) in [5.74, 6) is 0.886. The van der Waals surface area contributed by atoms with Gasteiger partial charge in [-0.05, 0) is 55.4 Å². The van der Waals surface area contributed by atoms with Gasteiger partial charge >= 0.3 is 11.1 Å². The van der Waals surface area contributed by atoms with Gasteiger partial charge in [0.15, 0.2) is 0 Å². The second kappa shape index (κ2) is 6.51. The van der Waals surface area contributed by atoms with E-state index < -0.39 is 11.1 Å². The summed E-state index contributed by atoms with van der Waals surface area (Å²) in [6.45, 7) is 0.149. The van der Waals surface area contributed by atoms with Crippen LogP contribution in [0.1, 0.15) is 31.0 Å². The van der Waals surface area contributed by atoms with Gasteiger partial charge < -0.3 is 9.13 Å². The average molecular weight is 378 g/mol. The lowest BCUT2D eigenvalue weighted by molar-refractivity contribution is 0.271. The van der Waals surface area contributed by atoms with Crippen molar-refractivity contribution in [2.45, 2.75) is 31.8 Å². The number of fused-ring (bicyclic) bond motifs is 1. The first-order chi connectivity index (χ1) is 13.6. The molecule has 142 valence electrons. The summed E-state index contributed by atoms with van der Waals surface area (Å²) in [5.41, 5.74) is 0.297. The first kappa shape index (κ1) is 17.0. The summed E-state index contributed by atoms with van der Waals surface area (Å²) in [4.78, 5) is 25.1. The van der Waals surface area contributed by atoms with E-state index in [1.807, 2.05) is 0 Å². The van der Waals surface area contributed by atoms with Crippen LogP contribution in [-0.4, -0.2) is 19.3 Å². The Balaban J connectivity index is 1.39. The molecule has 2 aromatic heterocycles. The van der Waals surface area contributed by atoms with Gasteiger partial charge in [-0.25, -0.2) is 4.39 Å². The Hall–Kier alpha value is -3.09. The normalized spacial score (nSPS) is 22.8. The zero-order chi connectivity index (χ0) is 19.3. The molecule has 0 saturated heterocycles. The molecule has 28 heavy (non-hydrogen) atoms. The zero-order valence-corrected chi connectivity index (χ0v) is 15.2. The molecule has 3 aliphatic carbocycles. The van der Waals surface area contributed by atoms with Gasteiger partial charge in [0, 0.05) is 24.0 Å². The third kappa shape index (κ3) is 2.78. The molecule has 2 bridgehead atoms. The monoisotopic (exact) mass is 378 g/mol. The maximum atomic E-state index is 13.9. The molecular weight excluding hydrogens is 359 g/mol. The van der Waals surface area contributed by atoms with Gasteiger partial charge in [-0.2, -0.15) is 10.2 Å². The van der Waals surface area contributed by atoms with E-state index in [0.29, 0.717) is 28.8 Å². The Morgan fingerprint density at radius 3 is 2.46 bits per heavy atom. The van der Waals surface area contributed by atoms with Crippen molar-refractivity contribution in [2.75, 3.05) is 0 Å². The molecule has 3 aliphatic rings. The van der Waals surface area contributed by atoms with Crippen molar-refractivity contribution in [1.29, 1.82) is 0 Å². The van der Waals surface area contributed by atoms with Crippen LogP contribution in [0.15, 0.2) is 58.4 Å². The number of aromatic nitrogens is 4. The minimum absolute atomic E-state index is 0.149. The van der Waals surface area contributed by atoms with E-state index in [2.05, 4.69) is 10.2 Å². The molecule has 2 heterocycles. The predicted molar refractivity (Wildman–Crippen MR) is 101 cm³/mol. The highest BCUT2D eigenvalue weighted by Crippen LogP contribution is 2.54. The van der Waals surface area contributed by atoms with Gasteiger partial charge in [0.2, 0.25) is 0 Å². The van der Waals surface area contributed by atoms with Crippen LogP contribution >= 0.6 is 0 Å². The van der Waals surface area contributed by atoms with Crippen LogP contribution in [0.25, 0.3) is 11.3 Å². The van der Waals surface area contributed by atoms with Crippen LogP contribution in [0, 0.1) is 17.7 Å². The molecule has 0 aliphatic heterocycles. The van der Waals surface area contributed by atoms with E-state index in [1.165, 1.54) is 23.5 Å². The second-order valence-electron chi connectivity index (χ2n) is 7.73. The van der Waals surface area contributed by atoms with Crippen molar-refractivity contribution < 1.29 is 4.39 Å². The Morgan fingerprint density at radius 2 is 1.79 bits per heavy atom. The van der Waals surface area contributed by atoms with E-state index in [-0.39, 0.29) is 18.4 Å². The first-order valence-corrected chi connectivity index (χ1v) is 9.49. The van der Waals surface area contributed by atoms with Gasteiger partial charge in [0.1, 0.15) is 5.82 Å². The number of benzene rings is 1. The molecule has 0 amide bonds. The molecule has 6 nitrogen and oxygen atoms in total. The smallest absolute Gasteiger partial charge is 0.306 e. The number of rotatable bonds is 4. The Kier molecular flexibility index (Phi) is 3.96. The quantitative estimate of drug-likeness (QED) is 0.655. The Morgan fingerprint density at radius 1 is 0.964 bits per heavy atom. The summed E-state index contributed by atoms with van der Waals surface area (Å²) in [5, 5.41) is 8.16. The SMILES string of the molecule is O=c1c(=O)n(C2CC3CC2C3)ccn1Cc1ccc(-c2ccccc2F)nn1. The van der Waals surface area contributed by atoms with E-state index in [9.17, 15) is 14.0 Å². The Labute approximate surface area is 160 Å². The number of halogens is 1. The predicted octanol–water partition coefficient (Wildman–Crippen LogP) is 2.63. The lowest BCUT2D eigenvalue weighted by atomic mass is 9.84. The van der Waals surface area contributed by atoms with Gasteiger partial charge in [-0.1, -0.05) is 12.1 Å². The summed E-state index contributed by atoms with van der Waals surface area (Å²) in [7, 11) is 0. The molecule has 1 atom stereocenters. The highest BCUT2D eigenvalue weighted by molar-refractivity contribution is 5.58. The summed E-state index contributed by atoms with van der Waals surface area (Å²) < 4.78 is 16.8. The zero-order valence-electron chi connectivity index (χ0n) is 15.2. The van der Waals surface area contributed by atoms with E-state index >= 15 is 0 Å². The summed E-state index contributed by atoms with van der Waals surface area (Å²) >= 11 is 0. The van der Waals surface area contributed by atoms with Crippen LogP contribution in [-0.2, 0) is 6.54 Å². The molecule has 3 aromatic rings. The molecule has 3 fully saturated rings. The van der Waals surface area contributed by atoms with Crippen molar-refractivity contribution in [1.82, 2.24) is 19.3 Å². The maximum Gasteiger partial charge on any atom is 0.316 e.